The maximum absolute atomic E-state index is 13.6. The van der Waals surface area contributed by atoms with Gasteiger partial charge in [0, 0.05) is 25.7 Å². The molecule has 0 aliphatic carbocycles. The Hall–Kier alpha value is -3.45. The molecule has 6 nitrogen and oxygen atoms in total. The van der Waals surface area contributed by atoms with Gasteiger partial charge in [-0.05, 0) is 36.7 Å². The second-order valence-corrected chi connectivity index (χ2v) is 8.51. The lowest BCUT2D eigenvalue weighted by molar-refractivity contribution is 0.308. The monoisotopic (exact) mass is 448 g/mol. The SMILES string of the molecule is CCCCn1c(CN(C)Cc2cccc(F)c2)c2c(=O)n(Cc3ccccc3)[nH]c2cc1=O. The van der Waals surface area contributed by atoms with Crippen molar-refractivity contribution in [3.8, 4) is 0 Å². The average Bonchev–Trinajstić information content (AvgIpc) is 3.08. The Balaban J connectivity index is 1.75. The quantitative estimate of drug-likeness (QED) is 0.419. The number of pyridine rings is 1. The van der Waals surface area contributed by atoms with E-state index in [1.54, 1.807) is 15.3 Å². The van der Waals surface area contributed by atoms with Crippen LogP contribution in [0.15, 0.2) is 70.3 Å². The number of nitrogens with zero attached hydrogens (tertiary/aromatic N) is 3. The summed E-state index contributed by atoms with van der Waals surface area (Å²) in [5.41, 5.74) is 2.80. The van der Waals surface area contributed by atoms with Crippen LogP contribution in [0.3, 0.4) is 0 Å². The first-order valence-electron chi connectivity index (χ1n) is 11.3. The second kappa shape index (κ2) is 10.0. The van der Waals surface area contributed by atoms with Gasteiger partial charge in [-0.25, -0.2) is 9.07 Å². The highest BCUT2D eigenvalue weighted by Gasteiger charge is 2.18. The summed E-state index contributed by atoms with van der Waals surface area (Å²) in [6.45, 7) is 3.92. The van der Waals surface area contributed by atoms with Crippen molar-refractivity contribution in [3.63, 3.8) is 0 Å². The number of hydrogen-bond donors (Lipinski definition) is 1. The van der Waals surface area contributed by atoms with Gasteiger partial charge in [-0.15, -0.1) is 0 Å². The Morgan fingerprint density at radius 3 is 2.45 bits per heavy atom. The fraction of sp³-hybridized carbons (Fsp3) is 0.308. The lowest BCUT2D eigenvalue weighted by Gasteiger charge is -2.20. The minimum atomic E-state index is -0.280. The number of nitrogens with one attached hydrogen (secondary N) is 1. The van der Waals surface area contributed by atoms with Crippen molar-refractivity contribution < 1.29 is 4.39 Å². The van der Waals surface area contributed by atoms with Gasteiger partial charge in [0.25, 0.3) is 11.1 Å². The molecule has 0 radical (unpaired) electrons. The molecule has 0 aliphatic heterocycles. The van der Waals surface area contributed by atoms with Crippen LogP contribution < -0.4 is 11.1 Å². The molecule has 0 saturated carbocycles. The molecule has 4 aromatic rings. The smallest absolute Gasteiger partial charge is 0.276 e. The summed E-state index contributed by atoms with van der Waals surface area (Å²) < 4.78 is 16.9. The van der Waals surface area contributed by atoms with Crippen molar-refractivity contribution in [1.29, 1.82) is 0 Å². The second-order valence-electron chi connectivity index (χ2n) is 8.51. The number of H-pyrrole nitrogens is 1. The van der Waals surface area contributed by atoms with E-state index in [-0.39, 0.29) is 16.9 Å². The molecule has 2 heterocycles. The summed E-state index contributed by atoms with van der Waals surface area (Å²) >= 11 is 0. The minimum Gasteiger partial charge on any atom is -0.310 e. The predicted octanol–water partition coefficient (Wildman–Crippen LogP) is 4.11. The molecule has 0 atom stereocenters. The molecule has 0 fully saturated rings. The van der Waals surface area contributed by atoms with Crippen molar-refractivity contribution in [1.82, 2.24) is 19.2 Å². The molecular weight excluding hydrogens is 419 g/mol. The fourth-order valence-corrected chi connectivity index (χ4v) is 4.22. The van der Waals surface area contributed by atoms with Crippen molar-refractivity contribution in [3.05, 3.63) is 104 Å². The van der Waals surface area contributed by atoms with E-state index in [9.17, 15) is 14.0 Å². The Bertz CT molecular complexity index is 1350. The van der Waals surface area contributed by atoms with E-state index in [1.165, 1.54) is 18.2 Å². The first-order chi connectivity index (χ1) is 16.0. The van der Waals surface area contributed by atoms with Gasteiger partial charge in [-0.1, -0.05) is 55.8 Å². The average molecular weight is 449 g/mol. The zero-order chi connectivity index (χ0) is 23.4. The first kappa shape index (κ1) is 22.7. The summed E-state index contributed by atoms with van der Waals surface area (Å²) in [4.78, 5) is 28.4. The van der Waals surface area contributed by atoms with Crippen LogP contribution in [0, 0.1) is 5.82 Å². The predicted molar refractivity (Wildman–Crippen MR) is 129 cm³/mol. The van der Waals surface area contributed by atoms with Crippen molar-refractivity contribution >= 4 is 10.9 Å². The maximum atomic E-state index is 13.6. The molecule has 1 N–H and O–H groups in total. The first-order valence-corrected chi connectivity index (χ1v) is 11.3. The lowest BCUT2D eigenvalue weighted by Crippen LogP contribution is -2.29. The zero-order valence-corrected chi connectivity index (χ0v) is 19.1. The van der Waals surface area contributed by atoms with Crippen molar-refractivity contribution in [2.45, 2.75) is 45.9 Å². The third-order valence-electron chi connectivity index (χ3n) is 5.81. The van der Waals surface area contributed by atoms with Crippen LogP contribution in [0.1, 0.15) is 36.6 Å². The van der Waals surface area contributed by atoms with Crippen LogP contribution in [-0.2, 0) is 26.2 Å². The number of unbranched alkanes of at least 4 members (excludes halogenated alkanes) is 1. The summed E-state index contributed by atoms with van der Waals surface area (Å²) in [7, 11) is 1.91. The van der Waals surface area contributed by atoms with E-state index >= 15 is 0 Å². The molecule has 4 rings (SSSR count). The Morgan fingerprint density at radius 1 is 0.970 bits per heavy atom. The van der Waals surface area contributed by atoms with Crippen LogP contribution in [0.25, 0.3) is 10.9 Å². The molecule has 0 aliphatic rings. The molecule has 0 unspecified atom stereocenters. The number of rotatable bonds is 9. The van der Waals surface area contributed by atoms with Gasteiger partial charge in [0.15, 0.2) is 0 Å². The Labute approximate surface area is 191 Å². The van der Waals surface area contributed by atoms with Crippen LogP contribution in [0.5, 0.6) is 0 Å². The highest BCUT2D eigenvalue weighted by Crippen LogP contribution is 2.17. The number of hydrogen-bond acceptors (Lipinski definition) is 3. The number of aromatic amines is 1. The van der Waals surface area contributed by atoms with E-state index in [2.05, 4.69) is 12.0 Å². The van der Waals surface area contributed by atoms with Crippen LogP contribution in [0.4, 0.5) is 4.39 Å². The van der Waals surface area contributed by atoms with E-state index < -0.39 is 0 Å². The lowest BCUT2D eigenvalue weighted by atomic mass is 10.1. The molecule has 2 aromatic carbocycles. The molecule has 0 amide bonds. The molecule has 0 bridgehead atoms. The van der Waals surface area contributed by atoms with Crippen molar-refractivity contribution in [2.75, 3.05) is 7.05 Å². The highest BCUT2D eigenvalue weighted by molar-refractivity contribution is 5.80. The Morgan fingerprint density at radius 2 is 1.73 bits per heavy atom. The number of benzene rings is 2. The molecule has 7 heteroatoms. The molecule has 0 spiro atoms. The van der Waals surface area contributed by atoms with Crippen LogP contribution in [0.2, 0.25) is 0 Å². The van der Waals surface area contributed by atoms with Gasteiger partial charge in [-0.3, -0.25) is 19.6 Å². The van der Waals surface area contributed by atoms with Gasteiger partial charge in [0.2, 0.25) is 0 Å². The largest absolute Gasteiger partial charge is 0.310 e. The topological polar surface area (TPSA) is 63.0 Å². The summed E-state index contributed by atoms with van der Waals surface area (Å²) in [5, 5.41) is 3.66. The standard InChI is InChI=1S/C26H29FN4O2/c1-3-4-13-30-23(18-29(2)16-20-11-8-12-21(27)14-20)25-22(15-24(30)32)28-31(26(25)33)17-19-9-6-5-7-10-19/h5-12,14-15,28H,3-4,13,16-18H2,1-2H3. The third kappa shape index (κ3) is 5.14. The zero-order valence-electron chi connectivity index (χ0n) is 19.1. The van der Waals surface area contributed by atoms with Gasteiger partial charge in [-0.2, -0.15) is 0 Å². The fourth-order valence-electron chi connectivity index (χ4n) is 4.22. The maximum Gasteiger partial charge on any atom is 0.276 e. The highest BCUT2D eigenvalue weighted by atomic mass is 19.1. The summed E-state index contributed by atoms with van der Waals surface area (Å²) in [6.07, 6.45) is 1.78. The van der Waals surface area contributed by atoms with E-state index in [4.69, 9.17) is 0 Å². The number of fused-ring (bicyclic) bond motifs is 1. The number of halogens is 1. The third-order valence-corrected chi connectivity index (χ3v) is 5.81. The van der Waals surface area contributed by atoms with Gasteiger partial charge < -0.3 is 4.57 Å². The molecular formula is C26H29FN4O2. The Kier molecular flexibility index (Phi) is 6.89. The van der Waals surface area contributed by atoms with Crippen LogP contribution in [-0.4, -0.2) is 26.3 Å². The van der Waals surface area contributed by atoms with Crippen LogP contribution >= 0.6 is 0 Å². The normalized spacial score (nSPS) is 11.5. The van der Waals surface area contributed by atoms with E-state index in [0.29, 0.717) is 42.8 Å². The van der Waals surface area contributed by atoms with Gasteiger partial charge in [0.1, 0.15) is 5.82 Å². The molecule has 0 saturated heterocycles. The van der Waals surface area contributed by atoms with E-state index in [0.717, 1.165) is 24.0 Å². The summed E-state index contributed by atoms with van der Waals surface area (Å²) in [5.74, 6) is -0.280. The van der Waals surface area contributed by atoms with E-state index in [1.807, 2.05) is 48.3 Å². The molecule has 172 valence electrons. The minimum absolute atomic E-state index is 0.127. The molecule has 2 aromatic heterocycles. The molecule has 33 heavy (non-hydrogen) atoms. The van der Waals surface area contributed by atoms with Gasteiger partial charge >= 0.3 is 0 Å². The number of aromatic nitrogens is 3. The van der Waals surface area contributed by atoms with Gasteiger partial charge in [0.05, 0.1) is 23.1 Å². The summed E-state index contributed by atoms with van der Waals surface area (Å²) in [6, 6.07) is 17.7. The van der Waals surface area contributed by atoms with Crippen molar-refractivity contribution in [2.24, 2.45) is 0 Å².